The summed E-state index contributed by atoms with van der Waals surface area (Å²) in [6.07, 6.45) is 13.9. The summed E-state index contributed by atoms with van der Waals surface area (Å²) >= 11 is 0. The summed E-state index contributed by atoms with van der Waals surface area (Å²) in [5, 5.41) is 9.82. The average molecular weight is 238 g/mol. The van der Waals surface area contributed by atoms with Crippen molar-refractivity contribution in [2.24, 2.45) is 0 Å². The molecule has 0 bridgehead atoms. The summed E-state index contributed by atoms with van der Waals surface area (Å²) in [5.74, 6) is 0. The Hall–Kier alpha value is -0.760. The molecule has 0 spiro atoms. The molecule has 1 heterocycles. The predicted octanol–water partition coefficient (Wildman–Crippen LogP) is 4.32. The molecule has 0 fully saturated rings. The van der Waals surface area contributed by atoms with E-state index in [2.05, 4.69) is 6.92 Å². The second-order valence-electron chi connectivity index (χ2n) is 4.90. The normalized spacial score (nSPS) is 12.8. The third kappa shape index (κ3) is 7.22. The third-order valence-corrected chi connectivity index (χ3v) is 3.19. The minimum atomic E-state index is -0.205. The van der Waals surface area contributed by atoms with E-state index in [0.717, 1.165) is 24.8 Å². The van der Waals surface area contributed by atoms with Gasteiger partial charge in [0.2, 0.25) is 0 Å². The van der Waals surface area contributed by atoms with Crippen molar-refractivity contribution in [1.29, 1.82) is 0 Å². The molecule has 1 aromatic heterocycles. The molecule has 1 N–H and O–H groups in total. The largest absolute Gasteiger partial charge is 0.472 e. The van der Waals surface area contributed by atoms with Crippen molar-refractivity contribution < 1.29 is 9.52 Å². The lowest BCUT2D eigenvalue weighted by Crippen LogP contribution is -2.09. The van der Waals surface area contributed by atoms with Gasteiger partial charge in [-0.15, -0.1) is 0 Å². The van der Waals surface area contributed by atoms with Crippen molar-refractivity contribution in [2.45, 2.75) is 70.8 Å². The minimum absolute atomic E-state index is 0.205. The molecule has 17 heavy (non-hydrogen) atoms. The van der Waals surface area contributed by atoms with Crippen molar-refractivity contribution in [1.82, 2.24) is 0 Å². The Bertz CT molecular complexity index is 254. The van der Waals surface area contributed by atoms with Gasteiger partial charge in [-0.3, -0.25) is 0 Å². The van der Waals surface area contributed by atoms with Gasteiger partial charge in [-0.25, -0.2) is 0 Å². The van der Waals surface area contributed by atoms with E-state index in [1.165, 1.54) is 38.5 Å². The molecule has 1 atom stereocenters. The van der Waals surface area contributed by atoms with E-state index < -0.39 is 0 Å². The number of rotatable bonds is 10. The van der Waals surface area contributed by atoms with Crippen LogP contribution in [0.1, 0.15) is 63.9 Å². The first kappa shape index (κ1) is 14.3. The Balaban J connectivity index is 1.92. The monoisotopic (exact) mass is 238 g/mol. The van der Waals surface area contributed by atoms with Gasteiger partial charge in [0.15, 0.2) is 0 Å². The fraction of sp³-hybridized carbons (Fsp3) is 0.733. The van der Waals surface area contributed by atoms with Gasteiger partial charge in [0.1, 0.15) is 0 Å². The molecule has 0 amide bonds. The summed E-state index contributed by atoms with van der Waals surface area (Å²) in [7, 11) is 0. The molecule has 0 radical (unpaired) electrons. The Labute approximate surface area is 105 Å². The van der Waals surface area contributed by atoms with Crippen LogP contribution in [-0.4, -0.2) is 11.2 Å². The smallest absolute Gasteiger partial charge is 0.0935 e. The predicted molar refractivity (Wildman–Crippen MR) is 71.0 cm³/mol. The molecule has 1 rings (SSSR count). The molecule has 2 nitrogen and oxygen atoms in total. The van der Waals surface area contributed by atoms with Crippen LogP contribution in [0.4, 0.5) is 0 Å². The summed E-state index contributed by atoms with van der Waals surface area (Å²) in [6.45, 7) is 2.24. The van der Waals surface area contributed by atoms with E-state index in [1.54, 1.807) is 12.5 Å². The maximum atomic E-state index is 9.82. The van der Waals surface area contributed by atoms with Gasteiger partial charge in [-0.1, -0.05) is 51.9 Å². The molecule has 1 unspecified atom stereocenters. The van der Waals surface area contributed by atoms with Gasteiger partial charge in [0.25, 0.3) is 0 Å². The molecule has 0 saturated carbocycles. The van der Waals surface area contributed by atoms with E-state index in [-0.39, 0.29) is 6.10 Å². The minimum Gasteiger partial charge on any atom is -0.472 e. The highest BCUT2D eigenvalue weighted by atomic mass is 16.3. The van der Waals surface area contributed by atoms with E-state index in [0.29, 0.717) is 0 Å². The van der Waals surface area contributed by atoms with Crippen LogP contribution >= 0.6 is 0 Å². The van der Waals surface area contributed by atoms with E-state index in [9.17, 15) is 5.11 Å². The highest BCUT2D eigenvalue weighted by Gasteiger charge is 2.05. The lowest BCUT2D eigenvalue weighted by Gasteiger charge is -2.08. The highest BCUT2D eigenvalue weighted by Crippen LogP contribution is 2.12. The van der Waals surface area contributed by atoms with Gasteiger partial charge < -0.3 is 9.52 Å². The number of aliphatic hydroxyl groups is 1. The molecular formula is C15H26O2. The quantitative estimate of drug-likeness (QED) is 0.616. The Morgan fingerprint density at radius 2 is 1.82 bits per heavy atom. The van der Waals surface area contributed by atoms with Gasteiger partial charge >= 0.3 is 0 Å². The molecule has 2 heteroatoms. The van der Waals surface area contributed by atoms with Gasteiger partial charge in [0, 0.05) is 6.42 Å². The van der Waals surface area contributed by atoms with Crippen molar-refractivity contribution in [2.75, 3.05) is 0 Å². The zero-order chi connectivity index (χ0) is 12.3. The van der Waals surface area contributed by atoms with Gasteiger partial charge in [-0.05, 0) is 18.1 Å². The highest BCUT2D eigenvalue weighted by molar-refractivity contribution is 5.06. The van der Waals surface area contributed by atoms with Crippen molar-refractivity contribution in [3.8, 4) is 0 Å². The van der Waals surface area contributed by atoms with Crippen LogP contribution in [0.15, 0.2) is 23.0 Å². The molecule has 0 aromatic carbocycles. The number of aliphatic hydroxyl groups excluding tert-OH is 1. The maximum Gasteiger partial charge on any atom is 0.0935 e. The summed E-state index contributed by atoms with van der Waals surface area (Å²) in [5.41, 5.74) is 1.10. The Kier molecular flexibility index (Phi) is 7.81. The lowest BCUT2D eigenvalue weighted by molar-refractivity contribution is 0.160. The van der Waals surface area contributed by atoms with Crippen molar-refractivity contribution in [3.63, 3.8) is 0 Å². The summed E-state index contributed by atoms with van der Waals surface area (Å²) in [6, 6.07) is 1.92. The second-order valence-corrected chi connectivity index (χ2v) is 4.90. The number of hydrogen-bond donors (Lipinski definition) is 1. The molecule has 98 valence electrons. The Morgan fingerprint density at radius 1 is 1.12 bits per heavy atom. The Morgan fingerprint density at radius 3 is 2.47 bits per heavy atom. The van der Waals surface area contributed by atoms with Crippen LogP contribution in [0.25, 0.3) is 0 Å². The van der Waals surface area contributed by atoms with Crippen LogP contribution in [-0.2, 0) is 6.42 Å². The second kappa shape index (κ2) is 9.29. The number of hydrogen-bond acceptors (Lipinski definition) is 2. The zero-order valence-corrected chi connectivity index (χ0v) is 11.0. The SMILES string of the molecule is CCCCCCCCCC(O)Cc1ccoc1. The van der Waals surface area contributed by atoms with Crippen molar-refractivity contribution in [3.05, 3.63) is 24.2 Å². The van der Waals surface area contributed by atoms with Gasteiger partial charge in [-0.2, -0.15) is 0 Å². The molecule has 0 saturated heterocycles. The summed E-state index contributed by atoms with van der Waals surface area (Å²) < 4.78 is 4.98. The van der Waals surface area contributed by atoms with Crippen LogP contribution in [0, 0.1) is 0 Å². The van der Waals surface area contributed by atoms with E-state index in [4.69, 9.17) is 4.42 Å². The van der Waals surface area contributed by atoms with Gasteiger partial charge in [0.05, 0.1) is 18.6 Å². The first-order chi connectivity index (χ1) is 8.33. The van der Waals surface area contributed by atoms with Crippen LogP contribution < -0.4 is 0 Å². The first-order valence-electron chi connectivity index (χ1n) is 7.02. The number of furan rings is 1. The molecule has 0 aliphatic rings. The van der Waals surface area contributed by atoms with Crippen molar-refractivity contribution >= 4 is 0 Å². The van der Waals surface area contributed by atoms with E-state index in [1.807, 2.05) is 6.07 Å². The van der Waals surface area contributed by atoms with Crippen LogP contribution in [0.3, 0.4) is 0 Å². The zero-order valence-electron chi connectivity index (χ0n) is 11.0. The average Bonchev–Trinajstić information content (AvgIpc) is 2.80. The number of unbranched alkanes of at least 4 members (excludes halogenated alkanes) is 6. The standard InChI is InChI=1S/C15H26O2/c1-2-3-4-5-6-7-8-9-15(16)12-14-10-11-17-13-14/h10-11,13,15-16H,2-9,12H2,1H3. The van der Waals surface area contributed by atoms with E-state index >= 15 is 0 Å². The molecule has 1 aromatic rings. The van der Waals surface area contributed by atoms with Crippen LogP contribution in [0.5, 0.6) is 0 Å². The molecule has 0 aliphatic heterocycles. The van der Waals surface area contributed by atoms with Crippen LogP contribution in [0.2, 0.25) is 0 Å². The first-order valence-corrected chi connectivity index (χ1v) is 7.02. The fourth-order valence-corrected chi connectivity index (χ4v) is 2.12. The lowest BCUT2D eigenvalue weighted by atomic mass is 10.0. The topological polar surface area (TPSA) is 33.4 Å². The molecule has 0 aliphatic carbocycles. The fourth-order valence-electron chi connectivity index (χ4n) is 2.12. The summed E-state index contributed by atoms with van der Waals surface area (Å²) in [4.78, 5) is 0. The molecular weight excluding hydrogens is 212 g/mol. The maximum absolute atomic E-state index is 9.82. The third-order valence-electron chi connectivity index (χ3n) is 3.19.